The summed E-state index contributed by atoms with van der Waals surface area (Å²) in [6, 6.07) is 10.5. The Morgan fingerprint density at radius 1 is 1.11 bits per heavy atom. The van der Waals surface area contributed by atoms with Gasteiger partial charge in [0.15, 0.2) is 0 Å². The van der Waals surface area contributed by atoms with Crippen LogP contribution in [0.25, 0.3) is 11.0 Å². The van der Waals surface area contributed by atoms with Crippen LogP contribution in [-0.4, -0.2) is 54.0 Å². The molecule has 2 fully saturated rings. The van der Waals surface area contributed by atoms with Crippen molar-refractivity contribution in [3.8, 4) is 0 Å². The summed E-state index contributed by atoms with van der Waals surface area (Å²) in [5, 5.41) is 4.21. The number of para-hydroxylation sites is 1. The number of hydrogen-bond donors (Lipinski definition) is 1. The minimum Gasteiger partial charge on any atom is -0.459 e. The molecule has 5 nitrogen and oxygen atoms in total. The van der Waals surface area contributed by atoms with Gasteiger partial charge in [-0.1, -0.05) is 31.0 Å². The number of carbonyl (C=O) groups excluding carboxylic acids is 1. The lowest BCUT2D eigenvalue weighted by Crippen LogP contribution is -2.55. The average Bonchev–Trinajstić information content (AvgIpc) is 3.37. The topological polar surface area (TPSA) is 48.7 Å². The van der Waals surface area contributed by atoms with E-state index < -0.39 is 0 Å². The van der Waals surface area contributed by atoms with E-state index in [1.165, 1.54) is 25.7 Å². The first-order valence-electron chi connectivity index (χ1n) is 10.4. The number of hydrogen-bond acceptors (Lipinski definition) is 4. The van der Waals surface area contributed by atoms with Gasteiger partial charge in [0.25, 0.3) is 0 Å². The molecule has 2 atom stereocenters. The van der Waals surface area contributed by atoms with Gasteiger partial charge in [0.05, 0.1) is 12.1 Å². The molecule has 1 aromatic heterocycles. The summed E-state index contributed by atoms with van der Waals surface area (Å²) >= 11 is 0. The van der Waals surface area contributed by atoms with Crippen molar-refractivity contribution in [2.45, 2.75) is 57.7 Å². The molecule has 4 rings (SSSR count). The Hall–Kier alpha value is -1.85. The highest BCUT2D eigenvalue weighted by atomic mass is 16.3. The Kier molecular flexibility index (Phi) is 5.50. The van der Waals surface area contributed by atoms with Crippen molar-refractivity contribution in [2.24, 2.45) is 0 Å². The first kappa shape index (κ1) is 18.5. The summed E-state index contributed by atoms with van der Waals surface area (Å²) in [4.78, 5) is 17.7. The summed E-state index contributed by atoms with van der Waals surface area (Å²) < 4.78 is 5.89. The molecule has 0 spiro atoms. The number of benzene rings is 1. The van der Waals surface area contributed by atoms with E-state index in [-0.39, 0.29) is 18.0 Å². The highest BCUT2D eigenvalue weighted by Gasteiger charge is 2.30. The van der Waals surface area contributed by atoms with Crippen LogP contribution in [0.1, 0.15) is 51.3 Å². The fraction of sp³-hybridized carbons (Fsp3) is 0.591. The van der Waals surface area contributed by atoms with E-state index in [1.807, 2.05) is 44.2 Å². The molecule has 2 aliphatic rings. The molecule has 0 radical (unpaired) electrons. The van der Waals surface area contributed by atoms with Crippen LogP contribution in [-0.2, 0) is 4.79 Å². The number of carbonyl (C=O) groups is 1. The minimum absolute atomic E-state index is 0.0808. The quantitative estimate of drug-likeness (QED) is 0.875. The van der Waals surface area contributed by atoms with Crippen molar-refractivity contribution < 1.29 is 9.21 Å². The molecule has 2 aromatic rings. The van der Waals surface area contributed by atoms with Crippen molar-refractivity contribution in [3.63, 3.8) is 0 Å². The lowest BCUT2D eigenvalue weighted by molar-refractivity contribution is -0.127. The lowest BCUT2D eigenvalue weighted by atomic mass is 10.1. The predicted molar refractivity (Wildman–Crippen MR) is 108 cm³/mol. The van der Waals surface area contributed by atoms with E-state index in [2.05, 4.69) is 15.1 Å². The van der Waals surface area contributed by atoms with Gasteiger partial charge in [0.2, 0.25) is 5.91 Å². The third-order valence-electron chi connectivity index (χ3n) is 6.35. The Labute approximate surface area is 161 Å². The van der Waals surface area contributed by atoms with E-state index >= 15 is 0 Å². The van der Waals surface area contributed by atoms with Crippen LogP contribution in [0.3, 0.4) is 0 Å². The highest BCUT2D eigenvalue weighted by Crippen LogP contribution is 2.25. The summed E-state index contributed by atoms with van der Waals surface area (Å²) in [5.74, 6) is 0.889. The number of furan rings is 1. The van der Waals surface area contributed by atoms with E-state index in [0.29, 0.717) is 0 Å². The van der Waals surface area contributed by atoms with E-state index in [0.717, 1.165) is 49.0 Å². The van der Waals surface area contributed by atoms with Crippen LogP contribution in [0.5, 0.6) is 0 Å². The zero-order chi connectivity index (χ0) is 18.8. The zero-order valence-corrected chi connectivity index (χ0v) is 16.5. The average molecular weight is 370 g/mol. The Bertz CT molecular complexity index is 740. The molecule has 2 heterocycles. The first-order chi connectivity index (χ1) is 13.1. The maximum Gasteiger partial charge on any atom is 0.237 e. The Balaban J connectivity index is 1.31. The second kappa shape index (κ2) is 8.03. The second-order valence-corrected chi connectivity index (χ2v) is 8.10. The van der Waals surface area contributed by atoms with Gasteiger partial charge < -0.3 is 9.73 Å². The molecule has 1 aromatic carbocycles. The van der Waals surface area contributed by atoms with Gasteiger partial charge in [-0.3, -0.25) is 14.6 Å². The summed E-state index contributed by atoms with van der Waals surface area (Å²) in [6.07, 6.45) is 5.46. The van der Waals surface area contributed by atoms with Crippen molar-refractivity contribution in [1.82, 2.24) is 15.1 Å². The molecule has 1 aliphatic carbocycles. The van der Waals surface area contributed by atoms with Crippen LogP contribution in [0.2, 0.25) is 0 Å². The van der Waals surface area contributed by atoms with Gasteiger partial charge in [-0.05, 0) is 38.8 Å². The normalized spacial score (nSPS) is 22.1. The molecule has 0 bridgehead atoms. The molecule has 2 unspecified atom stereocenters. The molecular weight excluding hydrogens is 338 g/mol. The molecule has 27 heavy (non-hydrogen) atoms. The Morgan fingerprint density at radius 2 is 1.81 bits per heavy atom. The van der Waals surface area contributed by atoms with Crippen molar-refractivity contribution in [1.29, 1.82) is 0 Å². The fourth-order valence-corrected chi connectivity index (χ4v) is 4.55. The van der Waals surface area contributed by atoms with E-state index in [4.69, 9.17) is 4.42 Å². The molecule has 146 valence electrons. The van der Waals surface area contributed by atoms with E-state index in [9.17, 15) is 4.79 Å². The largest absolute Gasteiger partial charge is 0.459 e. The Morgan fingerprint density at radius 3 is 2.52 bits per heavy atom. The fourth-order valence-electron chi connectivity index (χ4n) is 4.55. The summed E-state index contributed by atoms with van der Waals surface area (Å²) in [7, 11) is 0. The van der Waals surface area contributed by atoms with Crippen molar-refractivity contribution in [3.05, 3.63) is 36.1 Å². The highest BCUT2D eigenvalue weighted by molar-refractivity contribution is 5.82. The monoisotopic (exact) mass is 369 g/mol. The predicted octanol–water partition coefficient (Wildman–Crippen LogP) is 3.56. The van der Waals surface area contributed by atoms with Gasteiger partial charge in [-0.25, -0.2) is 0 Å². The SMILES string of the molecule is CC(NC(=O)C(C)N1CCN(C2CCCC2)CC1)c1cc2ccccc2o1. The van der Waals surface area contributed by atoms with Crippen LogP contribution < -0.4 is 5.32 Å². The molecule has 1 N–H and O–H groups in total. The molecule has 5 heteroatoms. The van der Waals surface area contributed by atoms with Gasteiger partial charge in [-0.2, -0.15) is 0 Å². The lowest BCUT2D eigenvalue weighted by Gasteiger charge is -2.40. The third kappa shape index (κ3) is 4.04. The van der Waals surface area contributed by atoms with Gasteiger partial charge in [0.1, 0.15) is 11.3 Å². The number of amides is 1. The van der Waals surface area contributed by atoms with Crippen LogP contribution in [0, 0.1) is 0 Å². The maximum absolute atomic E-state index is 12.8. The first-order valence-corrected chi connectivity index (χ1v) is 10.4. The number of rotatable bonds is 5. The summed E-state index contributed by atoms with van der Waals surface area (Å²) in [5.41, 5.74) is 0.865. The summed E-state index contributed by atoms with van der Waals surface area (Å²) in [6.45, 7) is 8.13. The van der Waals surface area contributed by atoms with Crippen LogP contribution in [0.4, 0.5) is 0 Å². The molecular formula is C22H31N3O2. The zero-order valence-electron chi connectivity index (χ0n) is 16.5. The maximum atomic E-state index is 12.8. The number of nitrogens with zero attached hydrogens (tertiary/aromatic N) is 2. The molecule has 1 amide bonds. The van der Waals surface area contributed by atoms with Gasteiger partial charge in [-0.15, -0.1) is 0 Å². The van der Waals surface area contributed by atoms with Gasteiger partial charge in [0, 0.05) is 37.6 Å². The molecule has 1 saturated heterocycles. The number of nitrogens with one attached hydrogen (secondary N) is 1. The number of piperazine rings is 1. The second-order valence-electron chi connectivity index (χ2n) is 8.10. The third-order valence-corrected chi connectivity index (χ3v) is 6.35. The number of fused-ring (bicyclic) bond motifs is 1. The minimum atomic E-state index is -0.132. The van der Waals surface area contributed by atoms with Crippen molar-refractivity contribution >= 4 is 16.9 Å². The molecule has 1 saturated carbocycles. The van der Waals surface area contributed by atoms with Crippen LogP contribution >= 0.6 is 0 Å². The standard InChI is InChI=1S/C22H31N3O2/c1-16(21-15-18-7-3-6-10-20(18)27-21)23-22(26)17(2)24-11-13-25(14-12-24)19-8-4-5-9-19/h3,6-7,10,15-17,19H,4-5,8-9,11-14H2,1-2H3,(H,23,26). The van der Waals surface area contributed by atoms with Gasteiger partial charge >= 0.3 is 0 Å². The smallest absolute Gasteiger partial charge is 0.237 e. The molecule has 1 aliphatic heterocycles. The van der Waals surface area contributed by atoms with Crippen molar-refractivity contribution in [2.75, 3.05) is 26.2 Å². The van der Waals surface area contributed by atoms with E-state index in [1.54, 1.807) is 0 Å². The van der Waals surface area contributed by atoms with Crippen LogP contribution in [0.15, 0.2) is 34.7 Å².